The standard InChI is InChI=1S/C19H16BrN3O3S/c1-2-27(25,26)18-12-11-17(22-23-18)13-5-9-16(10-6-13)21-19(24)14-3-7-15(20)8-4-14/h3-12H,2H2,1H3,(H,21,24). The first-order valence-corrected chi connectivity index (χ1v) is 10.6. The Balaban J connectivity index is 1.73. The van der Waals surface area contributed by atoms with Gasteiger partial charge in [-0.05, 0) is 48.5 Å². The van der Waals surface area contributed by atoms with Crippen LogP contribution < -0.4 is 5.32 Å². The smallest absolute Gasteiger partial charge is 0.255 e. The molecule has 0 unspecified atom stereocenters. The number of amides is 1. The maximum Gasteiger partial charge on any atom is 0.255 e. The number of rotatable bonds is 5. The topological polar surface area (TPSA) is 89.0 Å². The molecule has 0 fully saturated rings. The number of halogens is 1. The van der Waals surface area contributed by atoms with E-state index >= 15 is 0 Å². The van der Waals surface area contributed by atoms with E-state index in [1.807, 2.05) is 0 Å². The van der Waals surface area contributed by atoms with E-state index in [0.717, 1.165) is 10.0 Å². The van der Waals surface area contributed by atoms with Crippen LogP contribution in [0.3, 0.4) is 0 Å². The van der Waals surface area contributed by atoms with E-state index in [-0.39, 0.29) is 16.7 Å². The van der Waals surface area contributed by atoms with E-state index < -0.39 is 9.84 Å². The van der Waals surface area contributed by atoms with Crippen molar-refractivity contribution in [1.82, 2.24) is 10.2 Å². The minimum atomic E-state index is -3.37. The molecule has 1 amide bonds. The second-order valence-corrected chi connectivity index (χ2v) is 8.84. The Kier molecular flexibility index (Phi) is 5.67. The number of nitrogens with zero attached hydrogens (tertiary/aromatic N) is 2. The van der Waals surface area contributed by atoms with Crippen LogP contribution in [0.2, 0.25) is 0 Å². The summed E-state index contributed by atoms with van der Waals surface area (Å²) in [5.74, 6) is -0.225. The molecule has 8 heteroatoms. The molecule has 1 aromatic heterocycles. The van der Waals surface area contributed by atoms with Crippen molar-refractivity contribution < 1.29 is 13.2 Å². The molecule has 0 bridgehead atoms. The Hall–Kier alpha value is -2.58. The Morgan fingerprint density at radius 1 is 0.963 bits per heavy atom. The number of nitrogens with one attached hydrogen (secondary N) is 1. The van der Waals surface area contributed by atoms with Crippen LogP contribution in [0.5, 0.6) is 0 Å². The Morgan fingerprint density at radius 3 is 2.19 bits per heavy atom. The lowest BCUT2D eigenvalue weighted by Crippen LogP contribution is -2.11. The highest BCUT2D eigenvalue weighted by Crippen LogP contribution is 2.21. The number of carbonyl (C=O) groups excluding carboxylic acids is 1. The van der Waals surface area contributed by atoms with Crippen molar-refractivity contribution in [2.45, 2.75) is 11.9 Å². The Labute approximate surface area is 165 Å². The number of hydrogen-bond donors (Lipinski definition) is 1. The summed E-state index contributed by atoms with van der Waals surface area (Å²) in [5, 5.41) is 10.6. The molecule has 1 N–H and O–H groups in total. The van der Waals surface area contributed by atoms with Crippen molar-refractivity contribution in [3.8, 4) is 11.3 Å². The van der Waals surface area contributed by atoms with Gasteiger partial charge < -0.3 is 5.32 Å². The molecule has 0 saturated heterocycles. The molecule has 6 nitrogen and oxygen atoms in total. The summed E-state index contributed by atoms with van der Waals surface area (Å²) in [4.78, 5) is 12.2. The first-order valence-electron chi connectivity index (χ1n) is 8.13. The number of hydrogen-bond acceptors (Lipinski definition) is 5. The highest BCUT2D eigenvalue weighted by atomic mass is 79.9. The fourth-order valence-corrected chi connectivity index (χ4v) is 3.32. The second-order valence-electron chi connectivity index (χ2n) is 5.70. The van der Waals surface area contributed by atoms with Crippen molar-refractivity contribution in [2.75, 3.05) is 11.1 Å². The van der Waals surface area contributed by atoms with E-state index in [2.05, 4.69) is 31.4 Å². The monoisotopic (exact) mass is 445 g/mol. The van der Waals surface area contributed by atoms with Crippen LogP contribution in [0.4, 0.5) is 5.69 Å². The van der Waals surface area contributed by atoms with Crippen LogP contribution in [0.25, 0.3) is 11.3 Å². The highest BCUT2D eigenvalue weighted by Gasteiger charge is 2.14. The van der Waals surface area contributed by atoms with Crippen molar-refractivity contribution in [2.24, 2.45) is 0 Å². The van der Waals surface area contributed by atoms with E-state index in [9.17, 15) is 13.2 Å². The van der Waals surface area contributed by atoms with Gasteiger partial charge in [0, 0.05) is 21.3 Å². The van der Waals surface area contributed by atoms with Crippen LogP contribution in [-0.4, -0.2) is 30.3 Å². The summed E-state index contributed by atoms with van der Waals surface area (Å²) in [6.07, 6.45) is 0. The van der Waals surface area contributed by atoms with Crippen LogP contribution >= 0.6 is 15.9 Å². The third kappa shape index (κ3) is 4.58. The molecule has 1 heterocycles. The van der Waals surface area contributed by atoms with E-state index in [1.165, 1.54) is 6.07 Å². The van der Waals surface area contributed by atoms with Gasteiger partial charge in [0.2, 0.25) is 0 Å². The molecule has 0 aliphatic rings. The Morgan fingerprint density at radius 2 is 1.63 bits per heavy atom. The molecular formula is C19H16BrN3O3S. The van der Waals surface area contributed by atoms with Crippen LogP contribution in [0.1, 0.15) is 17.3 Å². The van der Waals surface area contributed by atoms with Crippen molar-refractivity contribution >= 4 is 37.4 Å². The van der Waals surface area contributed by atoms with Gasteiger partial charge in [0.1, 0.15) is 0 Å². The van der Waals surface area contributed by atoms with Crippen LogP contribution in [0, 0.1) is 0 Å². The van der Waals surface area contributed by atoms with Gasteiger partial charge in [-0.15, -0.1) is 10.2 Å². The lowest BCUT2D eigenvalue weighted by molar-refractivity contribution is 0.102. The first-order chi connectivity index (χ1) is 12.9. The average Bonchev–Trinajstić information content (AvgIpc) is 2.69. The zero-order chi connectivity index (χ0) is 19.4. The van der Waals surface area contributed by atoms with Gasteiger partial charge >= 0.3 is 0 Å². The zero-order valence-corrected chi connectivity index (χ0v) is 16.8. The predicted molar refractivity (Wildman–Crippen MR) is 107 cm³/mol. The van der Waals surface area contributed by atoms with Gasteiger partial charge in [-0.25, -0.2) is 8.42 Å². The lowest BCUT2D eigenvalue weighted by Gasteiger charge is -2.07. The van der Waals surface area contributed by atoms with E-state index in [0.29, 0.717) is 16.9 Å². The average molecular weight is 446 g/mol. The number of carbonyl (C=O) groups is 1. The summed E-state index contributed by atoms with van der Waals surface area (Å²) in [5.41, 5.74) is 2.52. The predicted octanol–water partition coefficient (Wildman–Crippen LogP) is 3.95. The summed E-state index contributed by atoms with van der Waals surface area (Å²) in [6.45, 7) is 1.56. The molecule has 0 aliphatic heterocycles. The molecule has 3 aromatic rings. The molecule has 3 rings (SSSR count). The van der Waals surface area contributed by atoms with Gasteiger partial charge in [-0.1, -0.05) is 35.0 Å². The van der Waals surface area contributed by atoms with Crippen LogP contribution in [0.15, 0.2) is 70.2 Å². The normalized spacial score (nSPS) is 11.2. The van der Waals surface area contributed by atoms with E-state index in [1.54, 1.807) is 61.5 Å². The van der Waals surface area contributed by atoms with Gasteiger partial charge in [0.05, 0.1) is 11.4 Å². The molecule has 0 spiro atoms. The molecular weight excluding hydrogens is 430 g/mol. The van der Waals surface area contributed by atoms with Crippen molar-refractivity contribution in [1.29, 1.82) is 0 Å². The number of aromatic nitrogens is 2. The minimum Gasteiger partial charge on any atom is -0.322 e. The largest absolute Gasteiger partial charge is 0.322 e. The Bertz CT molecular complexity index is 1050. The highest BCUT2D eigenvalue weighted by molar-refractivity contribution is 9.10. The second kappa shape index (κ2) is 7.98. The molecule has 0 saturated carbocycles. The molecule has 0 atom stereocenters. The first kappa shape index (κ1) is 19.2. The SMILES string of the molecule is CCS(=O)(=O)c1ccc(-c2ccc(NC(=O)c3ccc(Br)cc3)cc2)nn1. The van der Waals surface area contributed by atoms with Crippen LogP contribution in [-0.2, 0) is 9.84 Å². The molecule has 0 aliphatic carbocycles. The maximum atomic E-state index is 12.2. The maximum absolute atomic E-state index is 12.2. The summed E-state index contributed by atoms with van der Waals surface area (Å²) >= 11 is 3.33. The molecule has 27 heavy (non-hydrogen) atoms. The molecule has 0 radical (unpaired) electrons. The third-order valence-electron chi connectivity index (χ3n) is 3.88. The summed E-state index contributed by atoms with van der Waals surface area (Å²) < 4.78 is 24.5. The number of anilines is 1. The van der Waals surface area contributed by atoms with Gasteiger partial charge in [0.25, 0.3) is 5.91 Å². The summed E-state index contributed by atoms with van der Waals surface area (Å²) in [6, 6.07) is 17.2. The number of benzene rings is 2. The van der Waals surface area contributed by atoms with Gasteiger partial charge in [-0.3, -0.25) is 4.79 Å². The lowest BCUT2D eigenvalue weighted by atomic mass is 10.1. The quantitative estimate of drug-likeness (QED) is 0.641. The van der Waals surface area contributed by atoms with Gasteiger partial charge in [-0.2, -0.15) is 0 Å². The van der Waals surface area contributed by atoms with Gasteiger partial charge in [0.15, 0.2) is 14.9 Å². The fraction of sp³-hybridized carbons (Fsp3) is 0.105. The molecule has 138 valence electrons. The van der Waals surface area contributed by atoms with Crippen molar-refractivity contribution in [3.05, 3.63) is 70.7 Å². The summed E-state index contributed by atoms with van der Waals surface area (Å²) in [7, 11) is -3.37. The van der Waals surface area contributed by atoms with Crippen molar-refractivity contribution in [3.63, 3.8) is 0 Å². The molecule has 2 aromatic carbocycles. The number of sulfone groups is 1. The minimum absolute atomic E-state index is 0.0201. The zero-order valence-electron chi connectivity index (χ0n) is 14.4. The fourth-order valence-electron chi connectivity index (χ4n) is 2.32. The van der Waals surface area contributed by atoms with E-state index in [4.69, 9.17) is 0 Å². The third-order valence-corrected chi connectivity index (χ3v) is 6.03.